The van der Waals surface area contributed by atoms with Crippen molar-refractivity contribution < 1.29 is 9.59 Å². The molecule has 2 N–H and O–H groups in total. The number of aromatic nitrogens is 2. The van der Waals surface area contributed by atoms with Gasteiger partial charge in [-0.3, -0.25) is 19.0 Å². The van der Waals surface area contributed by atoms with Crippen molar-refractivity contribution in [1.29, 1.82) is 0 Å². The molecule has 0 saturated carbocycles. The van der Waals surface area contributed by atoms with Gasteiger partial charge in [-0.25, -0.2) is 4.98 Å². The Bertz CT molecular complexity index is 993. The summed E-state index contributed by atoms with van der Waals surface area (Å²) in [7, 11) is 0. The second-order valence-electron chi connectivity index (χ2n) is 5.44. The van der Waals surface area contributed by atoms with Crippen LogP contribution in [0, 0.1) is 0 Å². The molecule has 7 nitrogen and oxygen atoms in total. The fourth-order valence-corrected chi connectivity index (χ4v) is 3.10. The van der Waals surface area contributed by atoms with E-state index in [2.05, 4.69) is 15.6 Å². The minimum atomic E-state index is -0.225. The lowest BCUT2D eigenvalue weighted by molar-refractivity contribution is -0.116. The molecular formula is C17H16N4O3S. The third kappa shape index (κ3) is 4.10. The molecule has 8 heteroatoms. The first-order valence-electron chi connectivity index (χ1n) is 7.63. The van der Waals surface area contributed by atoms with Gasteiger partial charge >= 0.3 is 0 Å². The highest BCUT2D eigenvalue weighted by molar-refractivity contribution is 7.16. The number of rotatable bonds is 5. The summed E-state index contributed by atoms with van der Waals surface area (Å²) in [5.41, 5.74) is 1.04. The van der Waals surface area contributed by atoms with Crippen LogP contribution >= 0.6 is 11.3 Å². The van der Waals surface area contributed by atoms with Crippen LogP contribution in [0.3, 0.4) is 0 Å². The van der Waals surface area contributed by atoms with Gasteiger partial charge in [0.05, 0.1) is 11.7 Å². The topological polar surface area (TPSA) is 93.1 Å². The summed E-state index contributed by atoms with van der Waals surface area (Å²) in [6.45, 7) is 1.66. The number of anilines is 2. The maximum absolute atomic E-state index is 12.3. The molecule has 25 heavy (non-hydrogen) atoms. The zero-order valence-electron chi connectivity index (χ0n) is 13.5. The predicted molar refractivity (Wildman–Crippen MR) is 97.9 cm³/mol. The Morgan fingerprint density at radius 2 is 1.96 bits per heavy atom. The van der Waals surface area contributed by atoms with E-state index in [1.54, 1.807) is 30.3 Å². The first-order chi connectivity index (χ1) is 12.0. The summed E-state index contributed by atoms with van der Waals surface area (Å²) >= 11 is 1.41. The molecular weight excluding hydrogens is 340 g/mol. The molecule has 0 spiro atoms. The van der Waals surface area contributed by atoms with Gasteiger partial charge in [-0.2, -0.15) is 0 Å². The second kappa shape index (κ2) is 7.27. The molecule has 0 aliphatic carbocycles. The van der Waals surface area contributed by atoms with Crippen molar-refractivity contribution in [3.8, 4) is 0 Å². The Balaban J connectivity index is 1.63. The van der Waals surface area contributed by atoms with Crippen molar-refractivity contribution in [1.82, 2.24) is 9.55 Å². The maximum Gasteiger partial charge on any atom is 0.262 e. The summed E-state index contributed by atoms with van der Waals surface area (Å²) in [5.74, 6) is -0.406. The summed E-state index contributed by atoms with van der Waals surface area (Å²) in [6, 6.07) is 8.61. The largest absolute Gasteiger partial charge is 0.326 e. The van der Waals surface area contributed by atoms with Gasteiger partial charge in [0.2, 0.25) is 11.8 Å². The van der Waals surface area contributed by atoms with E-state index in [0.29, 0.717) is 21.6 Å². The number of aryl methyl sites for hydroxylation is 1. The molecule has 3 aromatic rings. The van der Waals surface area contributed by atoms with Crippen molar-refractivity contribution in [3.63, 3.8) is 0 Å². The fraction of sp³-hybridized carbons (Fsp3) is 0.176. The highest BCUT2D eigenvalue weighted by Crippen LogP contribution is 2.16. The number of benzene rings is 1. The molecule has 0 bridgehead atoms. The zero-order valence-corrected chi connectivity index (χ0v) is 14.3. The normalized spacial score (nSPS) is 10.6. The van der Waals surface area contributed by atoms with Gasteiger partial charge in [0.15, 0.2) is 0 Å². The lowest BCUT2D eigenvalue weighted by atomic mass is 10.2. The SMILES string of the molecule is CC(=O)Nc1cccc(NC(=O)CCn2cnc3sccc3c2=O)c1. The first kappa shape index (κ1) is 16.8. The summed E-state index contributed by atoms with van der Waals surface area (Å²) in [6.07, 6.45) is 1.60. The van der Waals surface area contributed by atoms with Crippen LogP contribution in [0.4, 0.5) is 11.4 Å². The van der Waals surface area contributed by atoms with E-state index >= 15 is 0 Å². The minimum Gasteiger partial charge on any atom is -0.326 e. The standard InChI is InChI=1S/C17H16N4O3S/c1-11(22)19-12-3-2-4-13(9-12)20-15(23)5-7-21-10-18-16-14(17(21)24)6-8-25-16/h2-4,6,8-10H,5,7H2,1H3,(H,19,22)(H,20,23). The molecule has 0 radical (unpaired) electrons. The Hall–Kier alpha value is -3.00. The third-order valence-corrected chi connectivity index (χ3v) is 4.32. The molecule has 0 unspecified atom stereocenters. The molecule has 3 rings (SSSR count). The molecule has 128 valence electrons. The van der Waals surface area contributed by atoms with Crippen LogP contribution in [0.1, 0.15) is 13.3 Å². The fourth-order valence-electron chi connectivity index (χ4n) is 2.38. The molecule has 0 atom stereocenters. The van der Waals surface area contributed by atoms with E-state index in [-0.39, 0.29) is 30.3 Å². The van der Waals surface area contributed by atoms with E-state index in [1.807, 2.05) is 5.38 Å². The summed E-state index contributed by atoms with van der Waals surface area (Å²) < 4.78 is 1.43. The van der Waals surface area contributed by atoms with E-state index in [1.165, 1.54) is 29.2 Å². The van der Waals surface area contributed by atoms with Crippen LogP contribution in [-0.4, -0.2) is 21.4 Å². The van der Waals surface area contributed by atoms with Crippen LogP contribution in [-0.2, 0) is 16.1 Å². The number of nitrogens with one attached hydrogen (secondary N) is 2. The van der Waals surface area contributed by atoms with Gasteiger partial charge in [0.25, 0.3) is 5.56 Å². The highest BCUT2D eigenvalue weighted by Gasteiger charge is 2.08. The second-order valence-corrected chi connectivity index (χ2v) is 6.34. The van der Waals surface area contributed by atoms with Crippen LogP contribution < -0.4 is 16.2 Å². The van der Waals surface area contributed by atoms with Crippen molar-refractivity contribution in [3.05, 3.63) is 52.4 Å². The van der Waals surface area contributed by atoms with E-state index < -0.39 is 0 Å². The van der Waals surface area contributed by atoms with Crippen molar-refractivity contribution >= 4 is 44.7 Å². The average molecular weight is 356 g/mol. The van der Waals surface area contributed by atoms with Gasteiger partial charge in [-0.15, -0.1) is 11.3 Å². The van der Waals surface area contributed by atoms with Gasteiger partial charge in [0, 0.05) is 31.3 Å². The number of thiophene rings is 1. The number of carbonyl (C=O) groups excluding carboxylic acids is 2. The van der Waals surface area contributed by atoms with E-state index in [0.717, 1.165) is 0 Å². The van der Waals surface area contributed by atoms with Gasteiger partial charge in [0.1, 0.15) is 4.83 Å². The minimum absolute atomic E-state index is 0.140. The maximum atomic E-state index is 12.3. The number of fused-ring (bicyclic) bond motifs is 1. The van der Waals surface area contributed by atoms with E-state index in [9.17, 15) is 14.4 Å². The quantitative estimate of drug-likeness (QED) is 0.734. The van der Waals surface area contributed by atoms with Crippen LogP contribution in [0.2, 0.25) is 0 Å². The highest BCUT2D eigenvalue weighted by atomic mass is 32.1. The number of nitrogens with zero attached hydrogens (tertiary/aromatic N) is 2. The Kier molecular flexibility index (Phi) is 4.90. The molecule has 2 amide bonds. The van der Waals surface area contributed by atoms with Crippen LogP contribution in [0.15, 0.2) is 46.8 Å². The Morgan fingerprint density at radius 3 is 2.72 bits per heavy atom. The number of carbonyl (C=O) groups is 2. The number of hydrogen-bond donors (Lipinski definition) is 2. The smallest absolute Gasteiger partial charge is 0.262 e. The molecule has 2 aromatic heterocycles. The molecule has 0 saturated heterocycles. The number of hydrogen-bond acceptors (Lipinski definition) is 5. The lowest BCUT2D eigenvalue weighted by Crippen LogP contribution is -2.23. The first-order valence-corrected chi connectivity index (χ1v) is 8.51. The predicted octanol–water partition coefficient (Wildman–Crippen LogP) is 2.45. The zero-order chi connectivity index (χ0) is 17.8. The molecule has 1 aromatic carbocycles. The Morgan fingerprint density at radius 1 is 1.20 bits per heavy atom. The van der Waals surface area contributed by atoms with Crippen molar-refractivity contribution in [2.45, 2.75) is 19.9 Å². The summed E-state index contributed by atoms with van der Waals surface area (Å²) in [5, 5.41) is 7.79. The molecule has 0 fully saturated rings. The van der Waals surface area contributed by atoms with Gasteiger partial charge in [-0.05, 0) is 29.6 Å². The van der Waals surface area contributed by atoms with Crippen LogP contribution in [0.5, 0.6) is 0 Å². The molecule has 2 heterocycles. The Labute approximate surface area is 147 Å². The lowest BCUT2D eigenvalue weighted by Gasteiger charge is -2.09. The monoisotopic (exact) mass is 356 g/mol. The van der Waals surface area contributed by atoms with Crippen molar-refractivity contribution in [2.75, 3.05) is 10.6 Å². The molecule has 0 aliphatic rings. The van der Waals surface area contributed by atoms with Gasteiger partial charge in [-0.1, -0.05) is 6.07 Å². The van der Waals surface area contributed by atoms with Crippen LogP contribution in [0.25, 0.3) is 10.2 Å². The summed E-state index contributed by atoms with van der Waals surface area (Å²) in [4.78, 5) is 40.4. The van der Waals surface area contributed by atoms with Crippen molar-refractivity contribution in [2.24, 2.45) is 0 Å². The average Bonchev–Trinajstić information content (AvgIpc) is 3.03. The molecule has 0 aliphatic heterocycles. The third-order valence-electron chi connectivity index (χ3n) is 3.50. The number of amides is 2. The van der Waals surface area contributed by atoms with Gasteiger partial charge < -0.3 is 10.6 Å². The van der Waals surface area contributed by atoms with E-state index in [4.69, 9.17) is 0 Å².